The zero-order chi connectivity index (χ0) is 13.0. The van der Waals surface area contributed by atoms with E-state index in [2.05, 4.69) is 5.32 Å². The number of hydrogen-bond acceptors (Lipinski definition) is 5. The summed E-state index contributed by atoms with van der Waals surface area (Å²) in [5, 5.41) is 14.0. The summed E-state index contributed by atoms with van der Waals surface area (Å²) in [6, 6.07) is 4.95. The van der Waals surface area contributed by atoms with Crippen LogP contribution in [-0.4, -0.2) is 31.2 Å². The van der Waals surface area contributed by atoms with Gasteiger partial charge in [-0.25, -0.2) is 0 Å². The van der Waals surface area contributed by atoms with Gasteiger partial charge in [-0.2, -0.15) is 0 Å². The van der Waals surface area contributed by atoms with E-state index >= 15 is 0 Å². The van der Waals surface area contributed by atoms with Gasteiger partial charge < -0.3 is 14.8 Å². The molecule has 1 aliphatic carbocycles. The number of rotatable bonds is 7. The summed E-state index contributed by atoms with van der Waals surface area (Å²) in [7, 11) is 1.51. The number of nitro groups is 1. The Labute approximate surface area is 105 Å². The number of non-ortho nitro benzene ring substituents is 1. The predicted octanol–water partition coefficient (Wildman–Crippen LogP) is 1.73. The first-order valence-corrected chi connectivity index (χ1v) is 5.89. The highest BCUT2D eigenvalue weighted by molar-refractivity contribution is 5.48. The van der Waals surface area contributed by atoms with Gasteiger partial charge in [-0.05, 0) is 18.9 Å². The Morgan fingerprint density at radius 2 is 2.22 bits per heavy atom. The van der Waals surface area contributed by atoms with Crippen molar-refractivity contribution in [2.24, 2.45) is 0 Å². The summed E-state index contributed by atoms with van der Waals surface area (Å²) in [5.41, 5.74) is 0.000882. The summed E-state index contributed by atoms with van der Waals surface area (Å²) in [6.07, 6.45) is 2.44. The zero-order valence-corrected chi connectivity index (χ0v) is 10.2. The number of methoxy groups -OCH3 is 1. The number of nitrogens with one attached hydrogen (secondary N) is 1. The number of nitro benzene ring substituents is 1. The van der Waals surface area contributed by atoms with E-state index in [1.54, 1.807) is 6.07 Å². The summed E-state index contributed by atoms with van der Waals surface area (Å²) >= 11 is 0. The van der Waals surface area contributed by atoms with E-state index in [0.29, 0.717) is 24.1 Å². The van der Waals surface area contributed by atoms with E-state index in [0.717, 1.165) is 6.54 Å². The van der Waals surface area contributed by atoms with E-state index in [9.17, 15) is 10.1 Å². The maximum atomic E-state index is 10.7. The minimum Gasteiger partial charge on any atom is -0.493 e. The average molecular weight is 252 g/mol. The molecule has 1 aromatic carbocycles. The molecule has 2 rings (SSSR count). The van der Waals surface area contributed by atoms with E-state index in [-0.39, 0.29) is 5.69 Å². The largest absolute Gasteiger partial charge is 0.493 e. The topological polar surface area (TPSA) is 73.6 Å². The molecule has 0 aromatic heterocycles. The highest BCUT2D eigenvalue weighted by atomic mass is 16.6. The first-order valence-electron chi connectivity index (χ1n) is 5.89. The molecule has 1 fully saturated rings. The molecule has 0 unspecified atom stereocenters. The highest BCUT2D eigenvalue weighted by Crippen LogP contribution is 2.31. The van der Waals surface area contributed by atoms with Crippen LogP contribution >= 0.6 is 0 Å². The fraction of sp³-hybridized carbons (Fsp3) is 0.500. The molecule has 6 heteroatoms. The van der Waals surface area contributed by atoms with E-state index in [4.69, 9.17) is 9.47 Å². The number of nitrogens with zero attached hydrogens (tertiary/aromatic N) is 1. The third kappa shape index (κ3) is 3.33. The second kappa shape index (κ2) is 5.68. The van der Waals surface area contributed by atoms with Crippen LogP contribution in [0, 0.1) is 10.1 Å². The lowest BCUT2D eigenvalue weighted by Gasteiger charge is -2.10. The normalized spacial score (nSPS) is 14.3. The van der Waals surface area contributed by atoms with Gasteiger partial charge in [0.15, 0.2) is 11.5 Å². The van der Waals surface area contributed by atoms with Crippen molar-refractivity contribution >= 4 is 5.69 Å². The Hall–Kier alpha value is -1.82. The van der Waals surface area contributed by atoms with Gasteiger partial charge in [0.2, 0.25) is 0 Å². The molecule has 18 heavy (non-hydrogen) atoms. The first-order chi connectivity index (χ1) is 8.70. The average Bonchev–Trinajstić information content (AvgIpc) is 3.18. The monoisotopic (exact) mass is 252 g/mol. The first kappa shape index (κ1) is 12.6. The fourth-order valence-electron chi connectivity index (χ4n) is 1.60. The summed E-state index contributed by atoms with van der Waals surface area (Å²) in [4.78, 5) is 10.2. The predicted molar refractivity (Wildman–Crippen MR) is 66.2 cm³/mol. The van der Waals surface area contributed by atoms with Crippen molar-refractivity contribution in [3.8, 4) is 11.5 Å². The molecule has 1 aliphatic rings. The molecule has 1 N–H and O–H groups in total. The summed E-state index contributed by atoms with van der Waals surface area (Å²) < 4.78 is 10.6. The van der Waals surface area contributed by atoms with Gasteiger partial charge in [0.25, 0.3) is 5.69 Å². The Morgan fingerprint density at radius 1 is 1.44 bits per heavy atom. The molecular weight excluding hydrogens is 236 g/mol. The fourth-order valence-corrected chi connectivity index (χ4v) is 1.60. The smallest absolute Gasteiger partial charge is 0.273 e. The lowest BCUT2D eigenvalue weighted by atomic mass is 10.3. The van der Waals surface area contributed by atoms with Crippen LogP contribution in [0.15, 0.2) is 18.2 Å². The summed E-state index contributed by atoms with van der Waals surface area (Å²) in [6.45, 7) is 1.20. The molecule has 1 aromatic rings. The van der Waals surface area contributed by atoms with Gasteiger partial charge in [0.05, 0.1) is 18.1 Å². The third-order valence-corrected chi connectivity index (χ3v) is 2.73. The molecule has 0 spiro atoms. The Kier molecular flexibility index (Phi) is 3.99. The molecule has 0 amide bonds. The molecule has 98 valence electrons. The van der Waals surface area contributed by atoms with Gasteiger partial charge >= 0.3 is 0 Å². The maximum absolute atomic E-state index is 10.7. The van der Waals surface area contributed by atoms with Crippen molar-refractivity contribution < 1.29 is 14.4 Å². The molecule has 0 heterocycles. The minimum absolute atomic E-state index is 0.000882. The quantitative estimate of drug-likeness (QED) is 0.454. The van der Waals surface area contributed by atoms with E-state index in [1.165, 1.54) is 32.1 Å². The van der Waals surface area contributed by atoms with Crippen LogP contribution in [0.3, 0.4) is 0 Å². The second-order valence-electron chi connectivity index (χ2n) is 4.17. The van der Waals surface area contributed by atoms with Gasteiger partial charge in [-0.1, -0.05) is 0 Å². The second-order valence-corrected chi connectivity index (χ2v) is 4.17. The van der Waals surface area contributed by atoms with Crippen molar-refractivity contribution in [2.75, 3.05) is 20.3 Å². The van der Waals surface area contributed by atoms with Crippen molar-refractivity contribution in [3.05, 3.63) is 28.3 Å². The highest BCUT2D eigenvalue weighted by Gasteiger charge is 2.20. The Morgan fingerprint density at radius 3 is 2.83 bits per heavy atom. The minimum atomic E-state index is -0.450. The Balaban J connectivity index is 1.94. The van der Waals surface area contributed by atoms with Gasteiger partial charge in [-0.15, -0.1) is 0 Å². The van der Waals surface area contributed by atoms with Crippen LogP contribution in [0.25, 0.3) is 0 Å². The van der Waals surface area contributed by atoms with Crippen LogP contribution < -0.4 is 14.8 Å². The molecule has 0 atom stereocenters. The van der Waals surface area contributed by atoms with Crippen molar-refractivity contribution in [1.82, 2.24) is 5.32 Å². The molecule has 1 saturated carbocycles. The molecule has 0 bridgehead atoms. The molecule has 0 saturated heterocycles. The van der Waals surface area contributed by atoms with Crippen LogP contribution in [-0.2, 0) is 0 Å². The van der Waals surface area contributed by atoms with Crippen LogP contribution in [0.2, 0.25) is 0 Å². The zero-order valence-electron chi connectivity index (χ0n) is 10.2. The lowest BCUT2D eigenvalue weighted by molar-refractivity contribution is -0.385. The van der Waals surface area contributed by atoms with E-state index < -0.39 is 4.92 Å². The molecule has 0 radical (unpaired) electrons. The van der Waals surface area contributed by atoms with Gasteiger partial charge in [0, 0.05) is 18.7 Å². The van der Waals surface area contributed by atoms with Crippen LogP contribution in [0.4, 0.5) is 5.69 Å². The van der Waals surface area contributed by atoms with Gasteiger partial charge in [-0.3, -0.25) is 10.1 Å². The number of ether oxygens (including phenoxy) is 2. The lowest BCUT2D eigenvalue weighted by Crippen LogP contribution is -2.22. The molecule has 0 aliphatic heterocycles. The number of benzene rings is 1. The maximum Gasteiger partial charge on any atom is 0.273 e. The van der Waals surface area contributed by atoms with Crippen molar-refractivity contribution in [1.29, 1.82) is 0 Å². The molecule has 6 nitrogen and oxygen atoms in total. The molecular formula is C12H16N2O4. The SMILES string of the molecule is COc1ccc([N+](=O)[O-])cc1OCCNC1CC1. The van der Waals surface area contributed by atoms with Crippen LogP contribution in [0.5, 0.6) is 11.5 Å². The number of hydrogen-bond donors (Lipinski definition) is 1. The van der Waals surface area contributed by atoms with Crippen molar-refractivity contribution in [2.45, 2.75) is 18.9 Å². The summed E-state index contributed by atoms with van der Waals surface area (Å²) in [5.74, 6) is 0.913. The third-order valence-electron chi connectivity index (χ3n) is 2.73. The standard InChI is InChI=1S/C12H16N2O4/c1-17-11-5-4-10(14(15)16)8-12(11)18-7-6-13-9-2-3-9/h4-5,8-9,13H,2-3,6-7H2,1H3. The van der Waals surface area contributed by atoms with Crippen LogP contribution in [0.1, 0.15) is 12.8 Å². The Bertz CT molecular complexity index is 432. The van der Waals surface area contributed by atoms with Gasteiger partial charge in [0.1, 0.15) is 6.61 Å². The van der Waals surface area contributed by atoms with Crippen molar-refractivity contribution in [3.63, 3.8) is 0 Å². The van der Waals surface area contributed by atoms with E-state index in [1.807, 2.05) is 0 Å².